The molecular weight excluding hydrogens is 336 g/mol. The Morgan fingerprint density at radius 1 is 1.38 bits per heavy atom. The molecule has 0 spiro atoms. The van der Waals surface area contributed by atoms with E-state index >= 15 is 0 Å². The van der Waals surface area contributed by atoms with E-state index in [1.54, 1.807) is 10.9 Å². The van der Waals surface area contributed by atoms with Gasteiger partial charge in [-0.2, -0.15) is 10.1 Å². The van der Waals surface area contributed by atoms with Crippen LogP contribution >= 0.6 is 0 Å². The van der Waals surface area contributed by atoms with Crippen molar-refractivity contribution in [3.63, 3.8) is 0 Å². The Balaban J connectivity index is 1.66. The van der Waals surface area contributed by atoms with Gasteiger partial charge in [0.05, 0.1) is 6.20 Å². The highest BCUT2D eigenvalue weighted by atomic mass is 16.5. The second kappa shape index (κ2) is 8.31. The Bertz CT molecular complexity index is 720. The molecule has 2 amide bonds. The Morgan fingerprint density at radius 2 is 2.15 bits per heavy atom. The molecule has 3 heterocycles. The summed E-state index contributed by atoms with van der Waals surface area (Å²) in [5, 5.41) is 14.0. The fourth-order valence-electron chi connectivity index (χ4n) is 2.98. The van der Waals surface area contributed by atoms with E-state index < -0.39 is 0 Å². The van der Waals surface area contributed by atoms with Crippen molar-refractivity contribution < 1.29 is 14.1 Å². The second-order valence-corrected chi connectivity index (χ2v) is 6.92. The summed E-state index contributed by atoms with van der Waals surface area (Å²) in [6.07, 6.45) is 5.27. The van der Waals surface area contributed by atoms with Crippen LogP contribution in [0.2, 0.25) is 0 Å². The molecule has 0 unspecified atom stereocenters. The monoisotopic (exact) mass is 362 g/mol. The van der Waals surface area contributed by atoms with E-state index in [1.807, 2.05) is 27.1 Å². The van der Waals surface area contributed by atoms with Crippen LogP contribution in [0.4, 0.5) is 4.79 Å². The van der Waals surface area contributed by atoms with Crippen molar-refractivity contribution >= 4 is 6.03 Å². The molecule has 0 radical (unpaired) electrons. The molecule has 1 aliphatic heterocycles. The van der Waals surface area contributed by atoms with Gasteiger partial charge in [0.2, 0.25) is 5.89 Å². The number of carbonyl (C=O) groups excluding carboxylic acids is 1. The summed E-state index contributed by atoms with van der Waals surface area (Å²) in [7, 11) is 1.84. The Kier molecular flexibility index (Phi) is 5.87. The summed E-state index contributed by atoms with van der Waals surface area (Å²) in [6, 6.07) is -0.595. The van der Waals surface area contributed by atoms with Gasteiger partial charge >= 0.3 is 6.03 Å². The number of carbonyl (C=O) groups is 1. The Hall–Kier alpha value is -2.42. The van der Waals surface area contributed by atoms with Gasteiger partial charge in [-0.25, -0.2) is 4.79 Å². The van der Waals surface area contributed by atoms with Gasteiger partial charge in [0.15, 0.2) is 5.82 Å². The molecule has 9 nitrogen and oxygen atoms in total. The van der Waals surface area contributed by atoms with E-state index in [0.29, 0.717) is 31.5 Å². The van der Waals surface area contributed by atoms with Gasteiger partial charge in [0.25, 0.3) is 0 Å². The lowest BCUT2D eigenvalue weighted by atomic mass is 9.91. The van der Waals surface area contributed by atoms with E-state index in [4.69, 9.17) is 9.26 Å². The molecule has 0 saturated carbocycles. The number of aromatic nitrogens is 4. The first-order valence-corrected chi connectivity index (χ1v) is 8.96. The van der Waals surface area contributed by atoms with Crippen LogP contribution in [0.5, 0.6) is 0 Å². The van der Waals surface area contributed by atoms with Crippen LogP contribution in [-0.2, 0) is 18.3 Å². The van der Waals surface area contributed by atoms with E-state index in [2.05, 4.69) is 25.9 Å². The summed E-state index contributed by atoms with van der Waals surface area (Å²) in [5.41, 5.74) is 0.935. The average molecular weight is 362 g/mol. The summed E-state index contributed by atoms with van der Waals surface area (Å²) < 4.78 is 12.6. The van der Waals surface area contributed by atoms with Crippen molar-refractivity contribution in [3.8, 4) is 0 Å². The molecule has 142 valence electrons. The smallest absolute Gasteiger partial charge is 0.315 e. The second-order valence-electron chi connectivity index (χ2n) is 6.92. The minimum absolute atomic E-state index is 0.169. The minimum Gasteiger partial charge on any atom is -0.381 e. The molecule has 26 heavy (non-hydrogen) atoms. The van der Waals surface area contributed by atoms with Gasteiger partial charge < -0.3 is 19.9 Å². The van der Waals surface area contributed by atoms with Gasteiger partial charge in [-0.1, -0.05) is 19.0 Å². The molecule has 1 saturated heterocycles. The first kappa shape index (κ1) is 18.4. The van der Waals surface area contributed by atoms with E-state index in [9.17, 15) is 4.79 Å². The van der Waals surface area contributed by atoms with Crippen LogP contribution in [-0.4, -0.2) is 39.2 Å². The first-order valence-electron chi connectivity index (χ1n) is 8.96. The van der Waals surface area contributed by atoms with Crippen LogP contribution in [0.15, 0.2) is 16.9 Å². The molecule has 2 aromatic heterocycles. The maximum atomic E-state index is 12.4. The normalized spacial score (nSPS) is 16.6. The number of nitrogens with zero attached hydrogens (tertiary/aromatic N) is 4. The molecule has 1 aliphatic rings. The van der Waals surface area contributed by atoms with E-state index in [0.717, 1.165) is 18.4 Å². The summed E-state index contributed by atoms with van der Waals surface area (Å²) >= 11 is 0. The third kappa shape index (κ3) is 4.60. The van der Waals surface area contributed by atoms with Crippen LogP contribution in [0.3, 0.4) is 0 Å². The van der Waals surface area contributed by atoms with Gasteiger partial charge in [0.1, 0.15) is 6.04 Å². The van der Waals surface area contributed by atoms with Crippen molar-refractivity contribution in [2.24, 2.45) is 13.0 Å². The lowest BCUT2D eigenvalue weighted by molar-refractivity contribution is 0.0503. The molecule has 3 rings (SSSR count). The first-order chi connectivity index (χ1) is 12.5. The van der Waals surface area contributed by atoms with E-state index in [-0.39, 0.29) is 23.9 Å². The zero-order valence-corrected chi connectivity index (χ0v) is 15.4. The highest BCUT2D eigenvalue weighted by molar-refractivity contribution is 5.74. The highest BCUT2D eigenvalue weighted by Gasteiger charge is 2.31. The van der Waals surface area contributed by atoms with Crippen molar-refractivity contribution in [3.05, 3.63) is 29.7 Å². The lowest BCUT2D eigenvalue weighted by Gasteiger charge is -2.28. The Labute approximate surface area is 152 Å². The number of amides is 2. The molecule has 1 fully saturated rings. The van der Waals surface area contributed by atoms with E-state index in [1.165, 1.54) is 0 Å². The fourth-order valence-corrected chi connectivity index (χ4v) is 2.98. The van der Waals surface area contributed by atoms with Gasteiger partial charge in [-0.3, -0.25) is 4.68 Å². The number of hydrogen-bond donors (Lipinski definition) is 2. The number of ether oxygens (including phenoxy) is 1. The fraction of sp³-hybridized carbons (Fsp3) is 0.647. The van der Waals surface area contributed by atoms with Crippen LogP contribution in [0.25, 0.3) is 0 Å². The molecule has 0 bridgehead atoms. The maximum Gasteiger partial charge on any atom is 0.315 e. The Morgan fingerprint density at radius 3 is 2.77 bits per heavy atom. The standard InChI is InChI=1S/C17H26N6O3/c1-11(2)15-21-16(26-22-15)14(13-4-6-25-7-5-13)20-17(24)18-8-12-9-19-23(3)10-12/h9-11,13-14H,4-8H2,1-3H3,(H2,18,20,24)/t14-/m1/s1. The lowest BCUT2D eigenvalue weighted by Crippen LogP contribution is -2.41. The number of nitrogens with one attached hydrogen (secondary N) is 2. The van der Waals surface area contributed by atoms with Crippen LogP contribution < -0.4 is 10.6 Å². The molecular formula is C17H26N6O3. The SMILES string of the molecule is CC(C)c1noc([C@H](NC(=O)NCc2cnn(C)c2)C2CCOCC2)n1. The van der Waals surface area contributed by atoms with Crippen molar-refractivity contribution in [2.45, 2.75) is 45.2 Å². The third-order valence-electron chi connectivity index (χ3n) is 4.48. The molecule has 0 aromatic carbocycles. The molecule has 0 aliphatic carbocycles. The summed E-state index contributed by atoms with van der Waals surface area (Å²) in [4.78, 5) is 16.9. The maximum absolute atomic E-state index is 12.4. The zero-order valence-electron chi connectivity index (χ0n) is 15.4. The molecule has 9 heteroatoms. The largest absolute Gasteiger partial charge is 0.381 e. The predicted molar refractivity (Wildman–Crippen MR) is 93.3 cm³/mol. The zero-order chi connectivity index (χ0) is 18.5. The minimum atomic E-state index is -0.326. The summed E-state index contributed by atoms with van der Waals surface area (Å²) in [5.74, 6) is 1.47. The van der Waals surface area contributed by atoms with Crippen molar-refractivity contribution in [1.29, 1.82) is 0 Å². The average Bonchev–Trinajstić information content (AvgIpc) is 3.28. The van der Waals surface area contributed by atoms with Crippen molar-refractivity contribution in [2.75, 3.05) is 13.2 Å². The number of rotatable bonds is 6. The number of aryl methyl sites for hydroxylation is 1. The van der Waals surface area contributed by atoms with Crippen LogP contribution in [0.1, 0.15) is 55.9 Å². The summed E-state index contributed by atoms with van der Waals surface area (Å²) in [6.45, 7) is 5.76. The van der Waals surface area contributed by atoms with Gasteiger partial charge in [0, 0.05) is 44.5 Å². The quantitative estimate of drug-likeness (QED) is 0.813. The predicted octanol–water partition coefficient (Wildman–Crippen LogP) is 1.89. The van der Waals surface area contributed by atoms with Gasteiger partial charge in [-0.15, -0.1) is 0 Å². The molecule has 1 atom stereocenters. The topological polar surface area (TPSA) is 107 Å². The van der Waals surface area contributed by atoms with Crippen molar-refractivity contribution in [1.82, 2.24) is 30.6 Å². The third-order valence-corrected chi connectivity index (χ3v) is 4.48. The molecule has 2 aromatic rings. The highest BCUT2D eigenvalue weighted by Crippen LogP contribution is 2.29. The number of urea groups is 1. The molecule has 2 N–H and O–H groups in total. The van der Waals surface area contributed by atoms with Gasteiger partial charge in [-0.05, 0) is 18.8 Å². The van der Waals surface area contributed by atoms with Crippen LogP contribution in [0, 0.1) is 5.92 Å². The number of hydrogen-bond acceptors (Lipinski definition) is 6.